The van der Waals surface area contributed by atoms with Crippen LogP contribution in [0.5, 0.6) is 0 Å². The highest BCUT2D eigenvalue weighted by Crippen LogP contribution is 2.22. The Morgan fingerprint density at radius 1 is 0.867 bits per heavy atom. The maximum absolute atomic E-state index is 12.8. The van der Waals surface area contributed by atoms with Crippen molar-refractivity contribution in [1.82, 2.24) is 0 Å². The summed E-state index contributed by atoms with van der Waals surface area (Å²) in [6.07, 6.45) is 0. The van der Waals surface area contributed by atoms with Gasteiger partial charge in [0.05, 0.1) is 21.8 Å². The highest BCUT2D eigenvalue weighted by atomic mass is 32.2. The van der Waals surface area contributed by atoms with Crippen molar-refractivity contribution in [2.24, 2.45) is 0 Å². The summed E-state index contributed by atoms with van der Waals surface area (Å²) in [5.41, 5.74) is 2.38. The highest BCUT2D eigenvalue weighted by Gasteiger charge is 2.18. The van der Waals surface area contributed by atoms with E-state index in [1.807, 2.05) is 13.0 Å². The fourth-order valence-corrected chi connectivity index (χ4v) is 4.09. The van der Waals surface area contributed by atoms with E-state index in [1.165, 1.54) is 36.4 Å². The fraction of sp³-hybridized carbons (Fsp3) is 0.0909. The van der Waals surface area contributed by atoms with Gasteiger partial charge in [-0.2, -0.15) is 0 Å². The Labute approximate surface area is 174 Å². The standard InChI is InChI=1S/C22H20N2O5S/c1-14-10-11-19(15(2)12-14)24-30(28,29)17-7-5-6-16(13-17)21(25)23-20-9-4-3-8-18(20)22(26)27/h3-13,24H,1-2H3,(H,23,25)(H,26,27). The lowest BCUT2D eigenvalue weighted by Gasteiger charge is -2.12. The zero-order chi connectivity index (χ0) is 21.9. The fourth-order valence-electron chi connectivity index (χ4n) is 2.91. The molecule has 3 aromatic rings. The topological polar surface area (TPSA) is 113 Å². The first kappa shape index (κ1) is 21.1. The van der Waals surface area contributed by atoms with Crippen molar-refractivity contribution in [1.29, 1.82) is 0 Å². The van der Waals surface area contributed by atoms with Crippen molar-refractivity contribution in [2.45, 2.75) is 18.7 Å². The molecule has 0 radical (unpaired) electrons. The molecule has 0 fully saturated rings. The van der Waals surface area contributed by atoms with Crippen molar-refractivity contribution >= 4 is 33.3 Å². The van der Waals surface area contributed by atoms with E-state index in [4.69, 9.17) is 0 Å². The first-order valence-electron chi connectivity index (χ1n) is 9.01. The zero-order valence-corrected chi connectivity index (χ0v) is 17.2. The molecule has 30 heavy (non-hydrogen) atoms. The third-order valence-corrected chi connectivity index (χ3v) is 5.80. The normalized spacial score (nSPS) is 11.0. The van der Waals surface area contributed by atoms with Gasteiger partial charge in [-0.25, -0.2) is 13.2 Å². The number of hydrogen-bond donors (Lipinski definition) is 3. The van der Waals surface area contributed by atoms with Gasteiger partial charge in [-0.1, -0.05) is 35.9 Å². The zero-order valence-electron chi connectivity index (χ0n) is 16.3. The van der Waals surface area contributed by atoms with Crippen LogP contribution in [0.2, 0.25) is 0 Å². The van der Waals surface area contributed by atoms with E-state index in [2.05, 4.69) is 10.0 Å². The van der Waals surface area contributed by atoms with Gasteiger partial charge in [0.25, 0.3) is 15.9 Å². The summed E-state index contributed by atoms with van der Waals surface area (Å²) in [6, 6.07) is 16.8. The molecule has 0 aliphatic rings. The summed E-state index contributed by atoms with van der Waals surface area (Å²) >= 11 is 0. The second-order valence-electron chi connectivity index (χ2n) is 6.76. The number of benzene rings is 3. The maximum atomic E-state index is 12.8. The van der Waals surface area contributed by atoms with E-state index in [1.54, 1.807) is 31.2 Å². The summed E-state index contributed by atoms with van der Waals surface area (Å²) in [5.74, 6) is -1.80. The molecule has 0 heterocycles. The number of para-hydroxylation sites is 1. The molecule has 8 heteroatoms. The molecule has 0 spiro atoms. The minimum atomic E-state index is -3.92. The van der Waals surface area contributed by atoms with E-state index in [9.17, 15) is 23.1 Å². The molecule has 0 saturated heterocycles. The van der Waals surface area contributed by atoms with E-state index < -0.39 is 21.9 Å². The van der Waals surface area contributed by atoms with Crippen LogP contribution in [0, 0.1) is 13.8 Å². The summed E-state index contributed by atoms with van der Waals surface area (Å²) in [6.45, 7) is 3.71. The smallest absolute Gasteiger partial charge is 0.337 e. The van der Waals surface area contributed by atoms with Gasteiger partial charge in [0.1, 0.15) is 0 Å². The average Bonchev–Trinajstić information content (AvgIpc) is 2.70. The van der Waals surface area contributed by atoms with Crippen molar-refractivity contribution in [3.63, 3.8) is 0 Å². The van der Waals surface area contributed by atoms with Crippen molar-refractivity contribution in [3.8, 4) is 0 Å². The molecule has 1 amide bonds. The summed E-state index contributed by atoms with van der Waals surface area (Å²) < 4.78 is 28.1. The van der Waals surface area contributed by atoms with Gasteiger partial charge in [-0.15, -0.1) is 0 Å². The molecule has 0 saturated carbocycles. The SMILES string of the molecule is Cc1ccc(NS(=O)(=O)c2cccc(C(=O)Nc3ccccc3C(=O)O)c2)c(C)c1. The van der Waals surface area contributed by atoms with Crippen LogP contribution >= 0.6 is 0 Å². The number of carboxylic acid groups (broad SMARTS) is 1. The quantitative estimate of drug-likeness (QED) is 0.552. The number of carboxylic acids is 1. The molecule has 3 N–H and O–H groups in total. The minimum absolute atomic E-state index is 0.0638. The van der Waals surface area contributed by atoms with Crippen LogP contribution in [0.1, 0.15) is 31.8 Å². The van der Waals surface area contributed by atoms with E-state index >= 15 is 0 Å². The van der Waals surface area contributed by atoms with Crippen LogP contribution < -0.4 is 10.0 Å². The number of aryl methyl sites for hydroxylation is 2. The molecule has 3 aromatic carbocycles. The molecule has 7 nitrogen and oxygen atoms in total. The number of anilines is 2. The molecular formula is C22H20N2O5S. The Hall–Kier alpha value is -3.65. The second kappa shape index (κ2) is 8.38. The predicted molar refractivity (Wildman–Crippen MR) is 115 cm³/mol. The van der Waals surface area contributed by atoms with E-state index in [0.717, 1.165) is 11.1 Å². The number of carbonyl (C=O) groups is 2. The monoisotopic (exact) mass is 424 g/mol. The lowest BCUT2D eigenvalue weighted by atomic mass is 10.1. The van der Waals surface area contributed by atoms with Crippen molar-refractivity contribution in [2.75, 3.05) is 10.0 Å². The molecular weight excluding hydrogens is 404 g/mol. The minimum Gasteiger partial charge on any atom is -0.478 e. The number of amides is 1. The predicted octanol–water partition coefficient (Wildman–Crippen LogP) is 4.05. The first-order chi connectivity index (χ1) is 14.2. The Morgan fingerprint density at radius 3 is 2.30 bits per heavy atom. The molecule has 0 aliphatic carbocycles. The number of carbonyl (C=O) groups excluding carboxylic acids is 1. The Balaban J connectivity index is 1.86. The molecule has 0 aromatic heterocycles. The van der Waals surface area contributed by atoms with Crippen LogP contribution in [-0.2, 0) is 10.0 Å². The van der Waals surface area contributed by atoms with Crippen LogP contribution in [0.15, 0.2) is 71.6 Å². The van der Waals surface area contributed by atoms with Gasteiger partial charge in [0, 0.05) is 5.56 Å². The highest BCUT2D eigenvalue weighted by molar-refractivity contribution is 7.92. The van der Waals surface area contributed by atoms with Crippen molar-refractivity contribution < 1.29 is 23.1 Å². The van der Waals surface area contributed by atoms with Gasteiger partial charge in [-0.05, 0) is 55.8 Å². The molecule has 0 atom stereocenters. The van der Waals surface area contributed by atoms with Gasteiger partial charge < -0.3 is 10.4 Å². The Kier molecular flexibility index (Phi) is 5.89. The second-order valence-corrected chi connectivity index (χ2v) is 8.44. The van der Waals surface area contributed by atoms with Crippen LogP contribution in [0.3, 0.4) is 0 Å². The number of sulfonamides is 1. The van der Waals surface area contributed by atoms with Crippen LogP contribution in [0.4, 0.5) is 11.4 Å². The summed E-state index contributed by atoms with van der Waals surface area (Å²) in [4.78, 5) is 23.8. The Bertz CT molecular complexity index is 1240. The largest absolute Gasteiger partial charge is 0.478 e. The maximum Gasteiger partial charge on any atom is 0.337 e. The number of aromatic carboxylic acids is 1. The summed E-state index contributed by atoms with van der Waals surface area (Å²) in [7, 11) is -3.92. The lowest BCUT2D eigenvalue weighted by Crippen LogP contribution is -2.17. The van der Waals surface area contributed by atoms with Gasteiger partial charge in [0.2, 0.25) is 0 Å². The van der Waals surface area contributed by atoms with Gasteiger partial charge in [0.15, 0.2) is 0 Å². The molecule has 0 unspecified atom stereocenters. The number of rotatable bonds is 6. The van der Waals surface area contributed by atoms with Gasteiger partial charge >= 0.3 is 5.97 Å². The summed E-state index contributed by atoms with van der Waals surface area (Å²) in [5, 5.41) is 11.8. The molecule has 0 bridgehead atoms. The number of hydrogen-bond acceptors (Lipinski definition) is 4. The molecule has 154 valence electrons. The first-order valence-corrected chi connectivity index (χ1v) is 10.5. The molecule has 3 rings (SSSR count). The van der Waals surface area contributed by atoms with Gasteiger partial charge in [-0.3, -0.25) is 9.52 Å². The third-order valence-electron chi connectivity index (χ3n) is 4.44. The van der Waals surface area contributed by atoms with Crippen LogP contribution in [-0.4, -0.2) is 25.4 Å². The van der Waals surface area contributed by atoms with E-state index in [0.29, 0.717) is 5.69 Å². The molecule has 0 aliphatic heterocycles. The Morgan fingerprint density at radius 2 is 1.60 bits per heavy atom. The number of nitrogens with one attached hydrogen (secondary N) is 2. The van der Waals surface area contributed by atoms with Crippen LogP contribution in [0.25, 0.3) is 0 Å². The lowest BCUT2D eigenvalue weighted by molar-refractivity contribution is 0.0698. The van der Waals surface area contributed by atoms with Crippen molar-refractivity contribution in [3.05, 3.63) is 89.0 Å². The van der Waals surface area contributed by atoms with E-state index in [-0.39, 0.29) is 21.7 Å². The average molecular weight is 424 g/mol. The third kappa shape index (κ3) is 4.66.